The van der Waals surface area contributed by atoms with Gasteiger partial charge in [-0.05, 0) is 86.3 Å². The molecule has 2 heteroatoms. The van der Waals surface area contributed by atoms with E-state index in [0.717, 1.165) is 23.5 Å². The van der Waals surface area contributed by atoms with E-state index in [1.807, 2.05) is 7.11 Å². The minimum absolute atomic E-state index is 0.413. The predicted molar refractivity (Wildman–Crippen MR) is 85.3 cm³/mol. The molecule has 4 aliphatic rings. The zero-order valence-corrected chi connectivity index (χ0v) is 14.0. The molecule has 0 aliphatic heterocycles. The molecule has 0 atom stereocenters. The van der Waals surface area contributed by atoms with Crippen molar-refractivity contribution in [3.8, 4) is 5.75 Å². The Bertz CT molecular complexity index is 513. The van der Waals surface area contributed by atoms with Crippen LogP contribution in [0.2, 0.25) is 0 Å². The minimum Gasteiger partial charge on any atom is -0.496 e. The summed E-state index contributed by atoms with van der Waals surface area (Å²) in [4.78, 5) is 0. The van der Waals surface area contributed by atoms with Crippen LogP contribution in [0.5, 0.6) is 5.75 Å². The molecule has 108 valence electrons. The molecule has 4 bridgehead atoms. The van der Waals surface area contributed by atoms with Crippen molar-refractivity contribution < 1.29 is 4.74 Å². The molecule has 0 unspecified atom stereocenters. The van der Waals surface area contributed by atoms with E-state index in [-0.39, 0.29) is 0 Å². The lowest BCUT2D eigenvalue weighted by Crippen LogP contribution is -2.48. The Labute approximate surface area is 130 Å². The maximum atomic E-state index is 5.75. The number of hydrogen-bond donors (Lipinski definition) is 0. The fourth-order valence-corrected chi connectivity index (χ4v) is 6.02. The summed E-state index contributed by atoms with van der Waals surface area (Å²) in [6, 6.07) is 4.58. The van der Waals surface area contributed by atoms with Crippen LogP contribution in [-0.2, 0) is 5.41 Å². The predicted octanol–water partition coefficient (Wildman–Crippen LogP) is 5.23. The van der Waals surface area contributed by atoms with Gasteiger partial charge in [-0.3, -0.25) is 0 Å². The summed E-state index contributed by atoms with van der Waals surface area (Å²) in [5.74, 6) is 4.05. The van der Waals surface area contributed by atoms with Crippen molar-refractivity contribution in [2.24, 2.45) is 17.8 Å². The zero-order chi connectivity index (χ0) is 13.9. The fraction of sp³-hybridized carbons (Fsp3) is 0.667. The van der Waals surface area contributed by atoms with Gasteiger partial charge in [-0.2, -0.15) is 0 Å². The summed E-state index contributed by atoms with van der Waals surface area (Å²) < 4.78 is 6.99. The summed E-state index contributed by atoms with van der Waals surface area (Å²) in [7, 11) is 1.83. The second kappa shape index (κ2) is 4.50. The van der Waals surface area contributed by atoms with E-state index in [1.54, 1.807) is 0 Å². The smallest absolute Gasteiger partial charge is 0.122 e. The molecule has 0 N–H and O–H groups in total. The molecule has 1 aromatic carbocycles. The summed E-state index contributed by atoms with van der Waals surface area (Å²) >= 11 is 3.73. The highest BCUT2D eigenvalue weighted by Gasteiger charge is 2.52. The third-order valence-corrected chi connectivity index (χ3v) is 6.94. The highest BCUT2D eigenvalue weighted by atomic mass is 79.9. The number of rotatable bonds is 2. The summed E-state index contributed by atoms with van der Waals surface area (Å²) in [5.41, 5.74) is 3.17. The van der Waals surface area contributed by atoms with Crippen molar-refractivity contribution in [3.63, 3.8) is 0 Å². The first kappa shape index (κ1) is 13.2. The Morgan fingerprint density at radius 2 is 1.60 bits per heavy atom. The van der Waals surface area contributed by atoms with Crippen molar-refractivity contribution in [3.05, 3.63) is 27.7 Å². The van der Waals surface area contributed by atoms with Crippen LogP contribution in [-0.4, -0.2) is 7.11 Å². The number of halogens is 1. The third kappa shape index (κ3) is 1.87. The molecule has 1 nitrogen and oxygen atoms in total. The van der Waals surface area contributed by atoms with Gasteiger partial charge >= 0.3 is 0 Å². The Morgan fingerprint density at radius 3 is 2.10 bits per heavy atom. The van der Waals surface area contributed by atoms with E-state index >= 15 is 0 Å². The van der Waals surface area contributed by atoms with E-state index in [1.165, 1.54) is 54.1 Å². The lowest BCUT2D eigenvalue weighted by Gasteiger charge is -2.57. The van der Waals surface area contributed by atoms with E-state index in [0.29, 0.717) is 5.41 Å². The van der Waals surface area contributed by atoms with E-state index in [9.17, 15) is 0 Å². The van der Waals surface area contributed by atoms with E-state index in [4.69, 9.17) is 4.74 Å². The number of benzene rings is 1. The van der Waals surface area contributed by atoms with Crippen LogP contribution in [0.25, 0.3) is 0 Å². The van der Waals surface area contributed by atoms with Crippen molar-refractivity contribution in [1.29, 1.82) is 0 Å². The van der Waals surface area contributed by atoms with Gasteiger partial charge in [0, 0.05) is 10.0 Å². The topological polar surface area (TPSA) is 9.23 Å². The maximum absolute atomic E-state index is 5.75. The molecule has 4 aliphatic carbocycles. The van der Waals surface area contributed by atoms with E-state index in [2.05, 4.69) is 35.0 Å². The summed E-state index contributed by atoms with van der Waals surface area (Å²) in [6.45, 7) is 2.15. The van der Waals surface area contributed by atoms with Gasteiger partial charge in [0.25, 0.3) is 0 Å². The van der Waals surface area contributed by atoms with Gasteiger partial charge in [-0.25, -0.2) is 0 Å². The van der Waals surface area contributed by atoms with Crippen LogP contribution in [0.3, 0.4) is 0 Å². The number of hydrogen-bond acceptors (Lipinski definition) is 1. The van der Waals surface area contributed by atoms with Gasteiger partial charge in [0.1, 0.15) is 5.75 Å². The quantitative estimate of drug-likeness (QED) is 0.719. The van der Waals surface area contributed by atoms with Gasteiger partial charge in [-0.1, -0.05) is 15.9 Å². The molecular formula is C18H23BrO. The maximum Gasteiger partial charge on any atom is 0.122 e. The van der Waals surface area contributed by atoms with Gasteiger partial charge in [0.2, 0.25) is 0 Å². The summed E-state index contributed by atoms with van der Waals surface area (Å²) in [5, 5.41) is 0. The molecule has 20 heavy (non-hydrogen) atoms. The van der Waals surface area contributed by atoms with Gasteiger partial charge in [0.15, 0.2) is 0 Å². The van der Waals surface area contributed by atoms with Crippen LogP contribution in [0.15, 0.2) is 16.6 Å². The largest absolute Gasteiger partial charge is 0.496 e. The lowest BCUT2D eigenvalue weighted by atomic mass is 9.48. The summed E-state index contributed by atoms with van der Waals surface area (Å²) in [6.07, 6.45) is 8.67. The molecule has 0 radical (unpaired) electrons. The van der Waals surface area contributed by atoms with Crippen LogP contribution >= 0.6 is 15.9 Å². The van der Waals surface area contributed by atoms with Crippen LogP contribution < -0.4 is 4.74 Å². The molecule has 0 aromatic heterocycles. The Hall–Kier alpha value is -0.500. The van der Waals surface area contributed by atoms with E-state index < -0.39 is 0 Å². The van der Waals surface area contributed by atoms with Crippen molar-refractivity contribution >= 4 is 15.9 Å². The number of aryl methyl sites for hydroxylation is 1. The third-order valence-electron chi connectivity index (χ3n) is 6.09. The highest BCUT2D eigenvalue weighted by molar-refractivity contribution is 9.10. The first-order chi connectivity index (χ1) is 9.59. The van der Waals surface area contributed by atoms with Crippen LogP contribution in [0, 0.1) is 24.7 Å². The Balaban J connectivity index is 1.82. The second-order valence-corrected chi connectivity index (χ2v) is 8.35. The zero-order valence-electron chi connectivity index (χ0n) is 12.4. The monoisotopic (exact) mass is 334 g/mol. The van der Waals surface area contributed by atoms with Crippen molar-refractivity contribution in [2.45, 2.75) is 50.9 Å². The van der Waals surface area contributed by atoms with Gasteiger partial charge < -0.3 is 4.74 Å². The molecule has 1 aromatic rings. The standard InChI is InChI=1S/C18H23BrO/c1-11-3-17(20-2)15(7-16(11)19)18-8-12-4-13(9-18)6-14(5-12)10-18/h3,7,12-14H,4-6,8-10H2,1-2H3. The minimum atomic E-state index is 0.413. The SMILES string of the molecule is COc1cc(C)c(Br)cc1C12CC3CC(CC(C3)C1)C2. The molecule has 0 spiro atoms. The normalized spacial score (nSPS) is 38.2. The van der Waals surface area contributed by atoms with Crippen molar-refractivity contribution in [2.75, 3.05) is 7.11 Å². The molecule has 5 rings (SSSR count). The average Bonchev–Trinajstić information content (AvgIpc) is 2.39. The molecule has 4 saturated carbocycles. The van der Waals surface area contributed by atoms with Crippen molar-refractivity contribution in [1.82, 2.24) is 0 Å². The first-order valence-electron chi connectivity index (χ1n) is 7.94. The molecule has 0 heterocycles. The average molecular weight is 335 g/mol. The number of ether oxygens (including phenoxy) is 1. The molecule has 0 saturated heterocycles. The first-order valence-corrected chi connectivity index (χ1v) is 8.73. The Kier molecular flexibility index (Phi) is 2.96. The van der Waals surface area contributed by atoms with Crippen LogP contribution in [0.1, 0.15) is 49.7 Å². The lowest BCUT2D eigenvalue weighted by molar-refractivity contribution is -0.00618. The van der Waals surface area contributed by atoms with Gasteiger partial charge in [0.05, 0.1) is 7.11 Å². The molecule has 4 fully saturated rings. The van der Waals surface area contributed by atoms with Crippen LogP contribution in [0.4, 0.5) is 0 Å². The highest BCUT2D eigenvalue weighted by Crippen LogP contribution is 2.62. The fourth-order valence-electron chi connectivity index (χ4n) is 5.68. The second-order valence-electron chi connectivity index (χ2n) is 7.50. The molecule has 0 amide bonds. The molecular weight excluding hydrogens is 312 g/mol. The van der Waals surface area contributed by atoms with Gasteiger partial charge in [-0.15, -0.1) is 0 Å². The number of methoxy groups -OCH3 is 1. The Morgan fingerprint density at radius 1 is 1.05 bits per heavy atom.